The van der Waals surface area contributed by atoms with Crippen molar-refractivity contribution in [2.45, 2.75) is 17.9 Å². The Morgan fingerprint density at radius 3 is 2.67 bits per heavy atom. The topological polar surface area (TPSA) is 55.1 Å². The molecule has 0 aliphatic rings. The van der Waals surface area contributed by atoms with Crippen LogP contribution in [0.5, 0.6) is 0 Å². The number of benzene rings is 2. The molecule has 0 radical (unpaired) electrons. The molecule has 0 aliphatic carbocycles. The molecule has 0 heterocycles. The highest BCUT2D eigenvalue weighted by atomic mass is 35.5. The lowest BCUT2D eigenvalue weighted by molar-refractivity contribution is -0.119. The molecule has 1 amide bonds. The minimum atomic E-state index is -0.0238. The average Bonchev–Trinajstić information content (AvgIpc) is 2.47. The maximum absolute atomic E-state index is 12.0. The van der Waals surface area contributed by atoms with Gasteiger partial charge in [-0.1, -0.05) is 41.9 Å². The zero-order valence-electron chi connectivity index (χ0n) is 11.7. The molecule has 0 fully saturated rings. The monoisotopic (exact) mass is 320 g/mol. The van der Waals surface area contributed by atoms with Crippen molar-refractivity contribution in [1.29, 1.82) is 0 Å². The molecule has 2 aromatic carbocycles. The van der Waals surface area contributed by atoms with Gasteiger partial charge >= 0.3 is 0 Å². The van der Waals surface area contributed by atoms with Gasteiger partial charge in [-0.15, -0.1) is 11.8 Å². The third-order valence-electron chi connectivity index (χ3n) is 2.99. The molecular formula is C16H17ClN2OS. The highest BCUT2D eigenvalue weighted by Gasteiger charge is 2.10. The van der Waals surface area contributed by atoms with E-state index in [1.54, 1.807) is 12.1 Å². The Morgan fingerprint density at radius 2 is 2.00 bits per heavy atom. The van der Waals surface area contributed by atoms with E-state index in [1.807, 2.05) is 43.3 Å². The fourth-order valence-corrected chi connectivity index (χ4v) is 2.97. The summed E-state index contributed by atoms with van der Waals surface area (Å²) in [5.74, 6) is 0.296. The van der Waals surface area contributed by atoms with Crippen LogP contribution >= 0.6 is 23.4 Å². The zero-order valence-corrected chi connectivity index (χ0v) is 13.2. The van der Waals surface area contributed by atoms with Crippen LogP contribution in [-0.4, -0.2) is 11.7 Å². The van der Waals surface area contributed by atoms with E-state index >= 15 is 0 Å². The van der Waals surface area contributed by atoms with E-state index in [1.165, 1.54) is 11.8 Å². The minimum Gasteiger partial charge on any atom is -0.399 e. The molecule has 0 spiro atoms. The Labute approximate surface area is 133 Å². The molecule has 5 heteroatoms. The SMILES string of the molecule is CC(NC(=O)CSc1ccc(N)cc1Cl)c1ccccc1. The first kappa shape index (κ1) is 15.7. The molecule has 0 aliphatic heterocycles. The van der Waals surface area contributed by atoms with Crippen LogP contribution in [0.2, 0.25) is 5.02 Å². The third-order valence-corrected chi connectivity index (χ3v) is 4.49. The molecule has 3 N–H and O–H groups in total. The molecule has 0 aromatic heterocycles. The lowest BCUT2D eigenvalue weighted by Crippen LogP contribution is -2.28. The van der Waals surface area contributed by atoms with Crippen molar-refractivity contribution >= 4 is 35.0 Å². The van der Waals surface area contributed by atoms with Gasteiger partial charge in [0.05, 0.1) is 16.8 Å². The van der Waals surface area contributed by atoms with Gasteiger partial charge in [-0.05, 0) is 30.7 Å². The van der Waals surface area contributed by atoms with Crippen molar-refractivity contribution in [3.63, 3.8) is 0 Å². The molecule has 0 bridgehead atoms. The predicted octanol–water partition coefficient (Wildman–Crippen LogP) is 3.89. The van der Waals surface area contributed by atoms with Crippen molar-refractivity contribution in [1.82, 2.24) is 5.32 Å². The Morgan fingerprint density at radius 1 is 1.29 bits per heavy atom. The predicted molar refractivity (Wildman–Crippen MR) is 89.6 cm³/mol. The van der Waals surface area contributed by atoms with Gasteiger partial charge in [-0.3, -0.25) is 4.79 Å². The zero-order chi connectivity index (χ0) is 15.2. The highest BCUT2D eigenvalue weighted by molar-refractivity contribution is 8.00. The van der Waals surface area contributed by atoms with Crippen LogP contribution in [0.4, 0.5) is 5.69 Å². The van der Waals surface area contributed by atoms with Crippen LogP contribution in [-0.2, 0) is 4.79 Å². The standard InChI is InChI=1S/C16H17ClN2OS/c1-11(12-5-3-2-4-6-12)19-16(20)10-21-15-8-7-13(18)9-14(15)17/h2-9,11H,10,18H2,1H3,(H,19,20). The van der Waals surface area contributed by atoms with Crippen LogP contribution in [0.15, 0.2) is 53.4 Å². The summed E-state index contributed by atoms with van der Waals surface area (Å²) in [4.78, 5) is 12.8. The Hall–Kier alpha value is -1.65. The lowest BCUT2D eigenvalue weighted by atomic mass is 10.1. The van der Waals surface area contributed by atoms with Gasteiger partial charge < -0.3 is 11.1 Å². The van der Waals surface area contributed by atoms with E-state index in [-0.39, 0.29) is 11.9 Å². The van der Waals surface area contributed by atoms with Crippen LogP contribution in [0.25, 0.3) is 0 Å². The number of anilines is 1. The van der Waals surface area contributed by atoms with Crippen molar-refractivity contribution in [3.8, 4) is 0 Å². The number of hydrogen-bond acceptors (Lipinski definition) is 3. The third kappa shape index (κ3) is 4.69. The van der Waals surface area contributed by atoms with Crippen molar-refractivity contribution < 1.29 is 4.79 Å². The fraction of sp³-hybridized carbons (Fsp3) is 0.188. The number of carbonyl (C=O) groups is 1. The Kier molecular flexibility index (Phi) is 5.53. The fourth-order valence-electron chi connectivity index (χ4n) is 1.89. The number of carbonyl (C=O) groups excluding carboxylic acids is 1. The van der Waals surface area contributed by atoms with E-state index in [4.69, 9.17) is 17.3 Å². The average molecular weight is 321 g/mol. The molecule has 1 atom stereocenters. The quantitative estimate of drug-likeness (QED) is 0.649. The molecular weight excluding hydrogens is 304 g/mol. The van der Waals surface area contributed by atoms with Crippen molar-refractivity contribution in [2.75, 3.05) is 11.5 Å². The molecule has 110 valence electrons. The first-order valence-corrected chi connectivity index (χ1v) is 7.95. The van der Waals surface area contributed by atoms with Gasteiger partial charge in [-0.2, -0.15) is 0 Å². The number of nitrogen functional groups attached to an aromatic ring is 1. The van der Waals surface area contributed by atoms with Gasteiger partial charge in [0.15, 0.2) is 0 Å². The molecule has 0 saturated carbocycles. The van der Waals surface area contributed by atoms with E-state index in [0.29, 0.717) is 16.5 Å². The molecule has 2 rings (SSSR count). The van der Waals surface area contributed by atoms with Crippen LogP contribution in [0, 0.1) is 0 Å². The summed E-state index contributed by atoms with van der Waals surface area (Å²) in [5.41, 5.74) is 7.34. The summed E-state index contributed by atoms with van der Waals surface area (Å²) in [6, 6.07) is 15.1. The van der Waals surface area contributed by atoms with Gasteiger partial charge in [0.2, 0.25) is 5.91 Å². The molecule has 1 unspecified atom stereocenters. The normalized spacial score (nSPS) is 11.9. The van der Waals surface area contributed by atoms with Gasteiger partial charge in [0.25, 0.3) is 0 Å². The summed E-state index contributed by atoms with van der Waals surface area (Å²) in [5, 5.41) is 3.54. The lowest BCUT2D eigenvalue weighted by Gasteiger charge is -2.14. The second-order valence-electron chi connectivity index (χ2n) is 4.68. The highest BCUT2D eigenvalue weighted by Crippen LogP contribution is 2.28. The molecule has 21 heavy (non-hydrogen) atoms. The van der Waals surface area contributed by atoms with E-state index in [2.05, 4.69) is 5.32 Å². The van der Waals surface area contributed by atoms with Gasteiger partial charge in [0, 0.05) is 10.6 Å². The Balaban J connectivity index is 1.87. The van der Waals surface area contributed by atoms with E-state index in [0.717, 1.165) is 10.5 Å². The second-order valence-corrected chi connectivity index (χ2v) is 6.10. The molecule has 0 saturated heterocycles. The number of hydrogen-bond donors (Lipinski definition) is 2. The Bertz CT molecular complexity index is 619. The van der Waals surface area contributed by atoms with E-state index < -0.39 is 0 Å². The molecule has 3 nitrogen and oxygen atoms in total. The van der Waals surface area contributed by atoms with Crippen LogP contribution in [0.1, 0.15) is 18.5 Å². The smallest absolute Gasteiger partial charge is 0.230 e. The first-order valence-electron chi connectivity index (χ1n) is 6.58. The van der Waals surface area contributed by atoms with Crippen molar-refractivity contribution in [2.24, 2.45) is 0 Å². The van der Waals surface area contributed by atoms with E-state index in [9.17, 15) is 4.79 Å². The summed E-state index contributed by atoms with van der Waals surface area (Å²) in [6.45, 7) is 1.97. The van der Waals surface area contributed by atoms with Crippen LogP contribution in [0.3, 0.4) is 0 Å². The molecule has 2 aromatic rings. The summed E-state index contributed by atoms with van der Waals surface area (Å²) >= 11 is 7.48. The summed E-state index contributed by atoms with van der Waals surface area (Å²) in [7, 11) is 0. The van der Waals surface area contributed by atoms with Crippen LogP contribution < -0.4 is 11.1 Å². The minimum absolute atomic E-state index is 0.0128. The first-order chi connectivity index (χ1) is 10.1. The summed E-state index contributed by atoms with van der Waals surface area (Å²) in [6.07, 6.45) is 0. The number of amides is 1. The summed E-state index contributed by atoms with van der Waals surface area (Å²) < 4.78 is 0. The number of nitrogens with one attached hydrogen (secondary N) is 1. The van der Waals surface area contributed by atoms with Gasteiger partial charge in [0.1, 0.15) is 0 Å². The number of halogens is 1. The second kappa shape index (κ2) is 7.38. The number of thioether (sulfide) groups is 1. The maximum Gasteiger partial charge on any atom is 0.230 e. The number of nitrogens with two attached hydrogens (primary N) is 1. The van der Waals surface area contributed by atoms with Crippen molar-refractivity contribution in [3.05, 3.63) is 59.1 Å². The van der Waals surface area contributed by atoms with Gasteiger partial charge in [-0.25, -0.2) is 0 Å². The number of rotatable bonds is 5. The largest absolute Gasteiger partial charge is 0.399 e. The maximum atomic E-state index is 12.0.